The van der Waals surface area contributed by atoms with Crippen molar-refractivity contribution in [2.45, 2.75) is 20.8 Å². The van der Waals surface area contributed by atoms with Crippen LogP contribution in [0.2, 0.25) is 0 Å². The summed E-state index contributed by atoms with van der Waals surface area (Å²) in [5, 5.41) is 2.59. The van der Waals surface area contributed by atoms with Gasteiger partial charge in [-0.1, -0.05) is 61.0 Å². The van der Waals surface area contributed by atoms with E-state index in [-0.39, 0.29) is 31.1 Å². The number of benzene rings is 5. The first-order valence-corrected chi connectivity index (χ1v) is 13.0. The molecule has 0 atom stereocenters. The molecule has 0 saturated carbocycles. The number of hydrogen-bond acceptors (Lipinski definition) is 2. The Hall–Kier alpha value is -2.96. The van der Waals surface area contributed by atoms with Gasteiger partial charge >= 0.3 is 31.1 Å². The molecule has 0 bridgehead atoms. The molecule has 37 heavy (non-hydrogen) atoms. The number of aryl methyl sites for hydroxylation is 2. The molecule has 0 aliphatic rings. The Morgan fingerprint density at radius 1 is 0.757 bits per heavy atom. The van der Waals surface area contributed by atoms with Gasteiger partial charge in [-0.2, -0.15) is 36.4 Å². The number of para-hydroxylation sites is 1. The van der Waals surface area contributed by atoms with E-state index in [1.54, 1.807) is 0 Å². The van der Waals surface area contributed by atoms with Crippen LogP contribution in [0.5, 0.6) is 0 Å². The maximum atomic E-state index is 5.08. The van der Waals surface area contributed by atoms with Crippen molar-refractivity contribution in [3.05, 3.63) is 126 Å². The Morgan fingerprint density at radius 3 is 2.32 bits per heavy atom. The third-order valence-electron chi connectivity index (χ3n) is 6.77. The third-order valence-corrected chi connectivity index (χ3v) is 7.97. The van der Waals surface area contributed by atoms with Crippen LogP contribution in [0.1, 0.15) is 23.6 Å². The average Bonchev–Trinajstić information content (AvgIpc) is 3.29. The minimum absolute atomic E-state index is 0. The Bertz CT molecular complexity index is 1760. The van der Waals surface area contributed by atoms with Gasteiger partial charge in [0, 0.05) is 25.9 Å². The number of fused-ring (bicyclic) bond motifs is 3. The van der Waals surface area contributed by atoms with E-state index in [1.165, 1.54) is 42.4 Å². The summed E-state index contributed by atoms with van der Waals surface area (Å²) in [7, 11) is 0. The fourth-order valence-electron chi connectivity index (χ4n) is 4.87. The van der Waals surface area contributed by atoms with E-state index in [2.05, 4.69) is 106 Å². The van der Waals surface area contributed by atoms with Crippen molar-refractivity contribution in [1.29, 1.82) is 0 Å². The molecule has 5 aromatic carbocycles. The number of hydrogen-bond donors (Lipinski definition) is 0. The second kappa shape index (κ2) is 10.8. The molecule has 3 heteroatoms. The van der Waals surface area contributed by atoms with Gasteiger partial charge in [-0.3, -0.25) is 4.99 Å². The molecular formula is C34H25NSU. The monoisotopic (exact) mass is 717 g/mol. The van der Waals surface area contributed by atoms with Crippen LogP contribution in [-0.4, -0.2) is 5.71 Å². The van der Waals surface area contributed by atoms with Crippen molar-refractivity contribution in [2.24, 2.45) is 4.99 Å². The van der Waals surface area contributed by atoms with Gasteiger partial charge in [0.1, 0.15) is 0 Å². The minimum Gasteiger partial charge on any atom is -0.253 e. The zero-order valence-corrected chi connectivity index (χ0v) is 26.1. The molecule has 1 aromatic heterocycles. The number of rotatable bonds is 4. The first-order valence-electron chi connectivity index (χ1n) is 12.2. The van der Waals surface area contributed by atoms with Crippen molar-refractivity contribution in [3.63, 3.8) is 0 Å². The standard InChI is InChI=1S/C34H25NS.U/c1-22-11-7-9-15-31(22)35-24(3)28-19-20-30-29-14-8-10-16-32(29)36-34(30)33(28)27-18-17-26(21-23(27)2)25-12-5-4-6-13-25;/h4-12,14-16,18-21H,1-3H3;/q-2;+2. The summed E-state index contributed by atoms with van der Waals surface area (Å²) in [6, 6.07) is 40.8. The van der Waals surface area contributed by atoms with E-state index in [0.717, 1.165) is 28.1 Å². The predicted octanol–water partition coefficient (Wildman–Crippen LogP) is 9.75. The molecule has 0 fully saturated rings. The van der Waals surface area contributed by atoms with E-state index >= 15 is 0 Å². The molecule has 1 nitrogen and oxygen atoms in total. The summed E-state index contributed by atoms with van der Waals surface area (Å²) >= 11 is 1.86. The summed E-state index contributed by atoms with van der Waals surface area (Å²) in [5.74, 6) is 0. The van der Waals surface area contributed by atoms with Crippen molar-refractivity contribution >= 4 is 42.9 Å². The number of thiophene rings is 1. The molecule has 0 saturated heterocycles. The van der Waals surface area contributed by atoms with E-state index in [4.69, 9.17) is 4.99 Å². The second-order valence-corrected chi connectivity index (χ2v) is 10.2. The molecule has 176 valence electrons. The molecule has 0 aliphatic heterocycles. The van der Waals surface area contributed by atoms with E-state index < -0.39 is 0 Å². The molecule has 6 rings (SSSR count). The topological polar surface area (TPSA) is 12.4 Å². The van der Waals surface area contributed by atoms with Gasteiger partial charge in [-0.25, -0.2) is 11.1 Å². The van der Waals surface area contributed by atoms with Crippen molar-refractivity contribution in [1.82, 2.24) is 0 Å². The van der Waals surface area contributed by atoms with Crippen LogP contribution in [0.15, 0.2) is 102 Å². The molecule has 0 N–H and O–H groups in total. The fraction of sp³-hybridized carbons (Fsp3) is 0.0882. The largest absolute Gasteiger partial charge is 2.00 e. The van der Waals surface area contributed by atoms with Gasteiger partial charge in [-0.05, 0) is 42.7 Å². The zero-order chi connectivity index (χ0) is 24.6. The third kappa shape index (κ3) is 4.85. The molecule has 0 aliphatic carbocycles. The van der Waals surface area contributed by atoms with Gasteiger partial charge in [-0.15, -0.1) is 29.0 Å². The summed E-state index contributed by atoms with van der Waals surface area (Å²) < 4.78 is 2.60. The van der Waals surface area contributed by atoms with Crippen LogP contribution >= 0.6 is 11.3 Å². The molecule has 0 unspecified atom stereocenters. The van der Waals surface area contributed by atoms with E-state index in [1.807, 2.05) is 35.6 Å². The number of nitrogens with zero attached hydrogens (tertiary/aromatic N) is 1. The maximum absolute atomic E-state index is 5.08. The Balaban J connectivity index is 0.00000280. The van der Waals surface area contributed by atoms with Gasteiger partial charge in [0.2, 0.25) is 0 Å². The fourth-order valence-corrected chi connectivity index (χ4v) is 6.14. The van der Waals surface area contributed by atoms with Crippen molar-refractivity contribution < 1.29 is 31.1 Å². The normalized spacial score (nSPS) is 11.6. The van der Waals surface area contributed by atoms with E-state index in [0.29, 0.717) is 0 Å². The van der Waals surface area contributed by atoms with Crippen LogP contribution in [0.3, 0.4) is 0 Å². The Kier molecular flexibility index (Phi) is 7.50. The second-order valence-electron chi connectivity index (χ2n) is 9.17. The van der Waals surface area contributed by atoms with Crippen molar-refractivity contribution in [3.8, 4) is 22.3 Å². The molecule has 6 aromatic rings. The van der Waals surface area contributed by atoms with Crippen molar-refractivity contribution in [2.75, 3.05) is 0 Å². The summed E-state index contributed by atoms with van der Waals surface area (Å²) in [5.41, 5.74) is 10.1. The Morgan fingerprint density at radius 2 is 1.54 bits per heavy atom. The summed E-state index contributed by atoms with van der Waals surface area (Å²) in [6.07, 6.45) is 0. The first kappa shape index (κ1) is 25.7. The van der Waals surface area contributed by atoms with Crippen LogP contribution in [0.4, 0.5) is 5.69 Å². The summed E-state index contributed by atoms with van der Waals surface area (Å²) in [6.45, 7) is 6.43. The smallest absolute Gasteiger partial charge is 0.253 e. The predicted molar refractivity (Wildman–Crippen MR) is 156 cm³/mol. The van der Waals surface area contributed by atoms with Crippen LogP contribution in [-0.2, 0) is 0 Å². The quantitative estimate of drug-likeness (QED) is 0.127. The first-order chi connectivity index (χ1) is 17.6. The number of aliphatic imine (C=N–C) groups is 1. The minimum atomic E-state index is 0. The van der Waals surface area contributed by atoms with Gasteiger partial charge < -0.3 is 0 Å². The van der Waals surface area contributed by atoms with Crippen LogP contribution < -0.4 is 0 Å². The zero-order valence-electron chi connectivity index (χ0n) is 21.1. The van der Waals surface area contributed by atoms with Gasteiger partial charge in [0.25, 0.3) is 0 Å². The van der Waals surface area contributed by atoms with E-state index in [9.17, 15) is 0 Å². The van der Waals surface area contributed by atoms with Crippen LogP contribution in [0.25, 0.3) is 42.4 Å². The molecule has 1 heterocycles. The van der Waals surface area contributed by atoms with Gasteiger partial charge in [0.05, 0.1) is 5.69 Å². The summed E-state index contributed by atoms with van der Waals surface area (Å²) in [4.78, 5) is 5.08. The maximum Gasteiger partial charge on any atom is 2.00 e. The SMILES string of the molecule is CC(=Nc1ccccc1C)c1ccc2c(sc3ccccc32)c1-c1c[c-]c(-c2[c-]cccc2)cc1C.[U+2]. The molecule has 0 radical (unpaired) electrons. The molecular weight excluding hydrogens is 692 g/mol. The average molecular weight is 718 g/mol. The molecule has 0 amide bonds. The molecule has 0 spiro atoms. The Labute approximate surface area is 246 Å². The van der Waals surface area contributed by atoms with Gasteiger partial charge in [0.15, 0.2) is 0 Å². The van der Waals surface area contributed by atoms with Crippen LogP contribution in [0, 0.1) is 57.1 Å².